The van der Waals surface area contributed by atoms with Crippen LogP contribution < -0.4 is 9.46 Å². The zero-order valence-electron chi connectivity index (χ0n) is 12.3. The number of methoxy groups -OCH3 is 1. The van der Waals surface area contributed by atoms with Crippen molar-refractivity contribution in [2.24, 2.45) is 0 Å². The van der Waals surface area contributed by atoms with E-state index in [9.17, 15) is 8.42 Å². The zero-order valence-corrected chi connectivity index (χ0v) is 13.1. The van der Waals surface area contributed by atoms with Crippen LogP contribution in [0, 0.1) is 13.8 Å². The van der Waals surface area contributed by atoms with Crippen LogP contribution >= 0.6 is 0 Å². The van der Waals surface area contributed by atoms with Gasteiger partial charge >= 0.3 is 0 Å². The number of ether oxygens (including phenoxy) is 1. The van der Waals surface area contributed by atoms with Crippen LogP contribution in [0.2, 0.25) is 0 Å². The Morgan fingerprint density at radius 1 is 1.19 bits per heavy atom. The lowest BCUT2D eigenvalue weighted by Crippen LogP contribution is -2.24. The van der Waals surface area contributed by atoms with E-state index in [4.69, 9.17) is 4.74 Å². The van der Waals surface area contributed by atoms with E-state index < -0.39 is 10.0 Å². The van der Waals surface area contributed by atoms with Gasteiger partial charge < -0.3 is 4.74 Å². The standard InChI is InChI=1S/C15H18N2O3S/c1-11-12(2)15(7-6-14(11)20-3)21(18,19)17-10-13-5-4-8-16-9-13/h4-9,17H,10H2,1-3H3. The van der Waals surface area contributed by atoms with Crippen LogP contribution in [-0.4, -0.2) is 20.5 Å². The molecule has 0 bridgehead atoms. The average Bonchev–Trinajstić information content (AvgIpc) is 2.49. The van der Waals surface area contributed by atoms with Crippen molar-refractivity contribution in [1.82, 2.24) is 9.71 Å². The molecule has 1 N–H and O–H groups in total. The summed E-state index contributed by atoms with van der Waals surface area (Å²) in [5.74, 6) is 0.679. The highest BCUT2D eigenvalue weighted by Crippen LogP contribution is 2.26. The van der Waals surface area contributed by atoms with Gasteiger partial charge in [-0.05, 0) is 48.7 Å². The molecule has 1 heterocycles. The second-order valence-electron chi connectivity index (χ2n) is 4.70. The van der Waals surface area contributed by atoms with Crippen LogP contribution in [0.5, 0.6) is 5.75 Å². The fraction of sp³-hybridized carbons (Fsp3) is 0.267. The van der Waals surface area contributed by atoms with Gasteiger partial charge in [-0.1, -0.05) is 6.07 Å². The number of pyridine rings is 1. The second kappa shape index (κ2) is 6.24. The van der Waals surface area contributed by atoms with E-state index >= 15 is 0 Å². The molecule has 1 aromatic heterocycles. The number of hydrogen-bond donors (Lipinski definition) is 1. The van der Waals surface area contributed by atoms with Gasteiger partial charge in [0, 0.05) is 18.9 Å². The quantitative estimate of drug-likeness (QED) is 0.919. The first-order chi connectivity index (χ1) is 9.95. The first-order valence-corrected chi connectivity index (χ1v) is 7.97. The van der Waals surface area contributed by atoms with Crippen LogP contribution in [0.15, 0.2) is 41.6 Å². The van der Waals surface area contributed by atoms with Gasteiger partial charge in [-0.2, -0.15) is 0 Å². The van der Waals surface area contributed by atoms with Gasteiger partial charge in [-0.25, -0.2) is 13.1 Å². The Morgan fingerprint density at radius 3 is 2.57 bits per heavy atom. The van der Waals surface area contributed by atoms with Crippen LogP contribution in [0.1, 0.15) is 16.7 Å². The summed E-state index contributed by atoms with van der Waals surface area (Å²) >= 11 is 0. The molecule has 112 valence electrons. The molecule has 5 nitrogen and oxygen atoms in total. The predicted molar refractivity (Wildman–Crippen MR) is 80.7 cm³/mol. The van der Waals surface area contributed by atoms with Crippen molar-refractivity contribution < 1.29 is 13.2 Å². The van der Waals surface area contributed by atoms with Crippen molar-refractivity contribution in [2.45, 2.75) is 25.3 Å². The van der Waals surface area contributed by atoms with E-state index in [1.54, 1.807) is 44.6 Å². The molecular formula is C15H18N2O3S. The SMILES string of the molecule is COc1ccc(S(=O)(=O)NCc2cccnc2)c(C)c1C. The topological polar surface area (TPSA) is 68.3 Å². The molecule has 0 aliphatic heterocycles. The van der Waals surface area contributed by atoms with Gasteiger partial charge in [-0.15, -0.1) is 0 Å². The van der Waals surface area contributed by atoms with Gasteiger partial charge in [0.25, 0.3) is 0 Å². The van der Waals surface area contributed by atoms with Gasteiger partial charge in [0.1, 0.15) is 5.75 Å². The molecule has 0 atom stereocenters. The van der Waals surface area contributed by atoms with E-state index in [2.05, 4.69) is 9.71 Å². The zero-order chi connectivity index (χ0) is 15.5. The molecule has 1 aromatic carbocycles. The molecule has 0 fully saturated rings. The molecule has 2 aromatic rings. The van der Waals surface area contributed by atoms with Gasteiger partial charge in [0.15, 0.2) is 0 Å². The number of nitrogens with one attached hydrogen (secondary N) is 1. The molecule has 0 amide bonds. The number of benzene rings is 1. The second-order valence-corrected chi connectivity index (χ2v) is 6.44. The fourth-order valence-electron chi connectivity index (χ4n) is 2.04. The van der Waals surface area contributed by atoms with Crippen molar-refractivity contribution in [3.8, 4) is 5.75 Å². The first kappa shape index (κ1) is 15.5. The maximum atomic E-state index is 12.4. The number of sulfonamides is 1. The molecule has 21 heavy (non-hydrogen) atoms. The summed E-state index contributed by atoms with van der Waals surface area (Å²) < 4.78 is 32.6. The monoisotopic (exact) mass is 306 g/mol. The average molecular weight is 306 g/mol. The summed E-state index contributed by atoms with van der Waals surface area (Å²) in [4.78, 5) is 4.23. The molecule has 0 spiro atoms. The van der Waals surface area contributed by atoms with Crippen molar-refractivity contribution >= 4 is 10.0 Å². The normalized spacial score (nSPS) is 11.4. The lowest BCUT2D eigenvalue weighted by atomic mass is 10.1. The summed E-state index contributed by atoms with van der Waals surface area (Å²) in [7, 11) is -2.00. The highest BCUT2D eigenvalue weighted by molar-refractivity contribution is 7.89. The molecule has 0 radical (unpaired) electrons. The molecule has 0 unspecified atom stereocenters. The minimum atomic E-state index is -3.57. The molecule has 2 rings (SSSR count). The number of aromatic nitrogens is 1. The molecule has 0 saturated heterocycles. The van der Waals surface area contributed by atoms with Crippen molar-refractivity contribution in [3.05, 3.63) is 53.3 Å². The van der Waals surface area contributed by atoms with E-state index in [-0.39, 0.29) is 11.4 Å². The summed E-state index contributed by atoms with van der Waals surface area (Å²) in [6.07, 6.45) is 3.28. The molecule has 0 aliphatic carbocycles. The number of nitrogens with zero attached hydrogens (tertiary/aromatic N) is 1. The van der Waals surface area contributed by atoms with Crippen LogP contribution in [0.4, 0.5) is 0 Å². The minimum Gasteiger partial charge on any atom is -0.496 e. The lowest BCUT2D eigenvalue weighted by molar-refractivity contribution is 0.410. The number of rotatable bonds is 5. The van der Waals surface area contributed by atoms with Crippen molar-refractivity contribution in [3.63, 3.8) is 0 Å². The van der Waals surface area contributed by atoms with E-state index in [0.717, 1.165) is 11.1 Å². The Bertz CT molecular complexity index is 728. The Hall–Kier alpha value is -1.92. The highest BCUT2D eigenvalue weighted by Gasteiger charge is 2.19. The Labute approximate surface area is 125 Å². The summed E-state index contributed by atoms with van der Waals surface area (Å²) in [6, 6.07) is 6.82. The van der Waals surface area contributed by atoms with Gasteiger partial charge in [0.05, 0.1) is 12.0 Å². The Kier molecular flexibility index (Phi) is 4.59. The lowest BCUT2D eigenvalue weighted by Gasteiger charge is -2.13. The molecule has 0 saturated carbocycles. The minimum absolute atomic E-state index is 0.209. The first-order valence-electron chi connectivity index (χ1n) is 6.48. The maximum absolute atomic E-state index is 12.4. The van der Waals surface area contributed by atoms with E-state index in [0.29, 0.717) is 11.3 Å². The summed E-state index contributed by atoms with van der Waals surface area (Å²) in [5.41, 5.74) is 2.32. The van der Waals surface area contributed by atoms with Gasteiger partial charge in [-0.3, -0.25) is 4.98 Å². The Balaban J connectivity index is 2.26. The van der Waals surface area contributed by atoms with Crippen LogP contribution in [0.25, 0.3) is 0 Å². The fourth-order valence-corrected chi connectivity index (χ4v) is 3.36. The van der Waals surface area contributed by atoms with Crippen molar-refractivity contribution in [2.75, 3.05) is 7.11 Å². The van der Waals surface area contributed by atoms with Crippen LogP contribution in [-0.2, 0) is 16.6 Å². The van der Waals surface area contributed by atoms with Crippen molar-refractivity contribution in [1.29, 1.82) is 0 Å². The Morgan fingerprint density at radius 2 is 1.95 bits per heavy atom. The third-order valence-corrected chi connectivity index (χ3v) is 4.93. The largest absolute Gasteiger partial charge is 0.496 e. The molecule has 6 heteroatoms. The third kappa shape index (κ3) is 3.40. The molecular weight excluding hydrogens is 288 g/mol. The molecule has 0 aliphatic rings. The summed E-state index contributed by atoms with van der Waals surface area (Å²) in [6.45, 7) is 3.82. The number of hydrogen-bond acceptors (Lipinski definition) is 4. The van der Waals surface area contributed by atoms with E-state index in [1.165, 1.54) is 0 Å². The summed E-state index contributed by atoms with van der Waals surface area (Å²) in [5, 5.41) is 0. The third-order valence-electron chi connectivity index (χ3n) is 3.39. The highest BCUT2D eigenvalue weighted by atomic mass is 32.2. The smallest absolute Gasteiger partial charge is 0.241 e. The predicted octanol–water partition coefficient (Wildman–Crippen LogP) is 2.19. The van der Waals surface area contributed by atoms with Crippen LogP contribution in [0.3, 0.4) is 0 Å². The van der Waals surface area contributed by atoms with Gasteiger partial charge in [0.2, 0.25) is 10.0 Å². The van der Waals surface area contributed by atoms with E-state index in [1.807, 2.05) is 13.0 Å². The maximum Gasteiger partial charge on any atom is 0.241 e.